The first-order valence-corrected chi connectivity index (χ1v) is 8.43. The normalized spacial score (nSPS) is 12.0. The van der Waals surface area contributed by atoms with Gasteiger partial charge in [-0.2, -0.15) is 0 Å². The van der Waals surface area contributed by atoms with E-state index in [2.05, 4.69) is 28.2 Å². The molecule has 2 aromatic rings. The van der Waals surface area contributed by atoms with Crippen molar-refractivity contribution in [2.24, 2.45) is 0 Å². The number of hydrogen-bond donors (Lipinski definition) is 2. The molecule has 0 aliphatic rings. The molecular formula is C18H21BrFN2O+. The minimum atomic E-state index is -0.404. The molecule has 5 heteroatoms. The quantitative estimate of drug-likeness (QED) is 0.791. The third kappa shape index (κ3) is 5.15. The van der Waals surface area contributed by atoms with Gasteiger partial charge in [-0.15, -0.1) is 0 Å². The second-order valence-electron chi connectivity index (χ2n) is 5.54. The number of hydrogen-bond acceptors (Lipinski definition) is 1. The van der Waals surface area contributed by atoms with Crippen molar-refractivity contribution in [2.75, 3.05) is 11.9 Å². The molecule has 0 saturated heterocycles. The van der Waals surface area contributed by atoms with E-state index in [9.17, 15) is 9.18 Å². The Kier molecular flexibility index (Phi) is 6.30. The molecule has 3 nitrogen and oxygen atoms in total. The fourth-order valence-electron chi connectivity index (χ4n) is 2.42. The summed E-state index contributed by atoms with van der Waals surface area (Å²) in [6, 6.07) is 13.1. The van der Waals surface area contributed by atoms with Gasteiger partial charge in [-0.1, -0.05) is 41.1 Å². The fourth-order valence-corrected chi connectivity index (χ4v) is 2.68. The van der Waals surface area contributed by atoms with Crippen molar-refractivity contribution >= 4 is 27.5 Å². The maximum Gasteiger partial charge on any atom is 0.279 e. The van der Waals surface area contributed by atoms with Crippen LogP contribution < -0.4 is 10.6 Å². The van der Waals surface area contributed by atoms with E-state index in [1.165, 1.54) is 11.6 Å². The molecule has 0 spiro atoms. The molecular weight excluding hydrogens is 359 g/mol. The maximum atomic E-state index is 13.7. The van der Waals surface area contributed by atoms with E-state index in [1.807, 2.05) is 36.5 Å². The highest BCUT2D eigenvalue weighted by atomic mass is 79.9. The summed E-state index contributed by atoms with van der Waals surface area (Å²) in [6.45, 7) is 4.15. The van der Waals surface area contributed by atoms with Crippen molar-refractivity contribution in [1.82, 2.24) is 0 Å². The molecule has 0 fully saturated rings. The molecule has 1 atom stereocenters. The lowest BCUT2D eigenvalue weighted by molar-refractivity contribution is -0.686. The van der Waals surface area contributed by atoms with Crippen molar-refractivity contribution in [1.29, 1.82) is 0 Å². The number of quaternary nitrogens is 1. The zero-order valence-electron chi connectivity index (χ0n) is 13.3. The number of nitrogens with one attached hydrogen (secondary N) is 1. The SMILES string of the molecule is CC[C@@H]([NH2+]CC(=O)Nc1ccc(C)cc1F)c1ccc(Br)cc1. The van der Waals surface area contributed by atoms with Gasteiger partial charge in [0.25, 0.3) is 5.91 Å². The topological polar surface area (TPSA) is 45.7 Å². The van der Waals surface area contributed by atoms with Crippen LogP contribution in [-0.2, 0) is 4.79 Å². The van der Waals surface area contributed by atoms with Gasteiger partial charge in [-0.05, 0) is 36.8 Å². The van der Waals surface area contributed by atoms with Gasteiger partial charge in [0.2, 0.25) is 0 Å². The zero-order valence-corrected chi connectivity index (χ0v) is 14.9. The second kappa shape index (κ2) is 8.22. The summed E-state index contributed by atoms with van der Waals surface area (Å²) in [5.41, 5.74) is 2.23. The van der Waals surface area contributed by atoms with Gasteiger partial charge >= 0.3 is 0 Å². The van der Waals surface area contributed by atoms with Crippen molar-refractivity contribution < 1.29 is 14.5 Å². The zero-order chi connectivity index (χ0) is 16.8. The molecule has 2 aromatic carbocycles. The molecule has 2 rings (SSSR count). The highest BCUT2D eigenvalue weighted by Gasteiger charge is 2.15. The fraction of sp³-hybridized carbons (Fsp3) is 0.278. The van der Waals surface area contributed by atoms with Crippen LogP contribution in [0.25, 0.3) is 0 Å². The monoisotopic (exact) mass is 379 g/mol. The number of anilines is 1. The lowest BCUT2D eigenvalue weighted by atomic mass is 10.0. The molecule has 1 amide bonds. The average Bonchev–Trinajstić information content (AvgIpc) is 2.52. The number of halogens is 2. The summed E-state index contributed by atoms with van der Waals surface area (Å²) >= 11 is 3.42. The first-order chi connectivity index (χ1) is 11.0. The molecule has 3 N–H and O–H groups in total. The van der Waals surface area contributed by atoms with Crippen molar-refractivity contribution in [3.8, 4) is 0 Å². The van der Waals surface area contributed by atoms with Crippen molar-refractivity contribution in [3.05, 3.63) is 63.9 Å². The molecule has 0 aromatic heterocycles. The minimum absolute atomic E-state index is 0.205. The van der Waals surface area contributed by atoms with E-state index in [-0.39, 0.29) is 24.2 Å². The highest BCUT2D eigenvalue weighted by molar-refractivity contribution is 9.10. The summed E-state index contributed by atoms with van der Waals surface area (Å²) in [5.74, 6) is -0.610. The summed E-state index contributed by atoms with van der Waals surface area (Å²) in [4.78, 5) is 12.0. The molecule has 122 valence electrons. The predicted molar refractivity (Wildman–Crippen MR) is 93.7 cm³/mol. The molecule has 0 bridgehead atoms. The molecule has 0 aliphatic heterocycles. The molecule has 23 heavy (non-hydrogen) atoms. The predicted octanol–water partition coefficient (Wildman–Crippen LogP) is 3.55. The summed E-state index contributed by atoms with van der Waals surface area (Å²) in [7, 11) is 0. The van der Waals surface area contributed by atoms with Gasteiger partial charge in [0.15, 0.2) is 6.54 Å². The van der Waals surface area contributed by atoms with Gasteiger partial charge in [-0.3, -0.25) is 4.79 Å². The standard InChI is InChI=1S/C18H20BrFN2O/c1-3-16(13-5-7-14(19)8-6-13)21-11-18(23)22-17-9-4-12(2)10-15(17)20/h4-10,16,21H,3,11H2,1-2H3,(H,22,23)/p+1/t16-/m1/s1. The summed E-state index contributed by atoms with van der Waals surface area (Å²) < 4.78 is 14.8. The van der Waals surface area contributed by atoms with E-state index in [0.717, 1.165) is 16.5 Å². The van der Waals surface area contributed by atoms with Gasteiger partial charge in [0.05, 0.1) is 5.69 Å². The Bertz CT molecular complexity index is 673. The number of aryl methyl sites for hydroxylation is 1. The number of benzene rings is 2. The van der Waals surface area contributed by atoms with Gasteiger partial charge in [0.1, 0.15) is 11.9 Å². The average molecular weight is 380 g/mol. The Balaban J connectivity index is 1.93. The minimum Gasteiger partial charge on any atom is -0.332 e. The van der Waals surface area contributed by atoms with Crippen molar-refractivity contribution in [3.63, 3.8) is 0 Å². The Morgan fingerprint density at radius 2 is 1.96 bits per heavy atom. The lowest BCUT2D eigenvalue weighted by Gasteiger charge is -2.14. The third-order valence-corrected chi connectivity index (χ3v) is 4.25. The number of carbonyl (C=O) groups excluding carboxylic acids is 1. The van der Waals surface area contributed by atoms with Crippen LogP contribution in [0.15, 0.2) is 46.9 Å². The number of rotatable bonds is 6. The van der Waals surface area contributed by atoms with E-state index < -0.39 is 5.82 Å². The summed E-state index contributed by atoms with van der Waals surface area (Å²) in [5, 5.41) is 4.60. The number of amides is 1. The third-order valence-electron chi connectivity index (χ3n) is 3.72. The largest absolute Gasteiger partial charge is 0.332 e. The van der Waals surface area contributed by atoms with E-state index >= 15 is 0 Å². The van der Waals surface area contributed by atoms with Gasteiger partial charge in [-0.25, -0.2) is 4.39 Å². The molecule has 0 radical (unpaired) electrons. The van der Waals surface area contributed by atoms with Crippen LogP contribution in [0.2, 0.25) is 0 Å². The Morgan fingerprint density at radius 1 is 1.26 bits per heavy atom. The van der Waals surface area contributed by atoms with Crippen molar-refractivity contribution in [2.45, 2.75) is 26.3 Å². The first-order valence-electron chi connectivity index (χ1n) is 7.64. The lowest BCUT2D eigenvalue weighted by Crippen LogP contribution is -2.87. The smallest absolute Gasteiger partial charge is 0.279 e. The van der Waals surface area contributed by atoms with Crippen LogP contribution in [0.4, 0.5) is 10.1 Å². The van der Waals surface area contributed by atoms with E-state index in [4.69, 9.17) is 0 Å². The van der Waals surface area contributed by atoms with Crippen LogP contribution in [0, 0.1) is 12.7 Å². The van der Waals surface area contributed by atoms with E-state index in [0.29, 0.717) is 0 Å². The van der Waals surface area contributed by atoms with E-state index in [1.54, 1.807) is 12.1 Å². The second-order valence-corrected chi connectivity index (χ2v) is 6.45. The Labute approximate surface area is 144 Å². The molecule has 0 heterocycles. The van der Waals surface area contributed by atoms with Crippen LogP contribution in [0.1, 0.15) is 30.5 Å². The van der Waals surface area contributed by atoms with Crippen LogP contribution in [0.3, 0.4) is 0 Å². The summed E-state index contributed by atoms with van der Waals surface area (Å²) in [6.07, 6.45) is 0.911. The van der Waals surface area contributed by atoms with Gasteiger partial charge in [0, 0.05) is 16.5 Å². The Morgan fingerprint density at radius 3 is 2.57 bits per heavy atom. The maximum absolute atomic E-state index is 13.7. The molecule has 0 saturated carbocycles. The van der Waals surface area contributed by atoms with Crippen LogP contribution >= 0.6 is 15.9 Å². The highest BCUT2D eigenvalue weighted by Crippen LogP contribution is 2.17. The molecule has 0 aliphatic carbocycles. The first kappa shape index (κ1) is 17.6. The van der Waals surface area contributed by atoms with Crippen LogP contribution in [0.5, 0.6) is 0 Å². The number of carbonyl (C=O) groups is 1. The van der Waals surface area contributed by atoms with Crippen LogP contribution in [-0.4, -0.2) is 12.5 Å². The van der Waals surface area contributed by atoms with Gasteiger partial charge < -0.3 is 10.6 Å². The number of nitrogens with two attached hydrogens (primary N) is 1. The Hall–Kier alpha value is -1.72. The molecule has 0 unspecified atom stereocenters.